The molecule has 4 rings (SSSR count). The van der Waals surface area contributed by atoms with Gasteiger partial charge in [-0.15, -0.1) is 0 Å². The van der Waals surface area contributed by atoms with Gasteiger partial charge in [-0.3, -0.25) is 0 Å². The molecule has 1 amide bonds. The third kappa shape index (κ3) is 5.70. The van der Waals surface area contributed by atoms with Crippen molar-refractivity contribution in [1.29, 1.82) is 0 Å². The molecule has 0 fully saturated rings. The average molecular weight is 430 g/mol. The van der Waals surface area contributed by atoms with Crippen molar-refractivity contribution in [2.45, 2.75) is 51.2 Å². The molecule has 166 valence electrons. The first kappa shape index (κ1) is 21.9. The molecule has 3 aromatic rings. The second-order valence-electron chi connectivity index (χ2n) is 9.38. The molecule has 0 bridgehead atoms. The van der Waals surface area contributed by atoms with Crippen molar-refractivity contribution in [1.82, 2.24) is 5.32 Å². The second-order valence-corrected chi connectivity index (χ2v) is 9.38. The lowest BCUT2D eigenvalue weighted by atomic mass is 9.99. The summed E-state index contributed by atoms with van der Waals surface area (Å²) in [4.78, 5) is 12.4. The van der Waals surface area contributed by atoms with Crippen molar-refractivity contribution in [3.8, 4) is 5.75 Å². The maximum absolute atomic E-state index is 12.4. The minimum Gasteiger partial charge on any atom is -0.493 e. The maximum atomic E-state index is 12.4. The van der Waals surface area contributed by atoms with Crippen LogP contribution in [0.3, 0.4) is 0 Å². The summed E-state index contributed by atoms with van der Waals surface area (Å²) in [6.07, 6.45) is 1.30. The van der Waals surface area contributed by atoms with Crippen LogP contribution in [-0.4, -0.2) is 24.3 Å². The zero-order valence-electron chi connectivity index (χ0n) is 19.0. The summed E-state index contributed by atoms with van der Waals surface area (Å²) in [7, 11) is 0. The van der Waals surface area contributed by atoms with E-state index in [1.54, 1.807) is 0 Å². The summed E-state index contributed by atoms with van der Waals surface area (Å²) in [6, 6.07) is 27.0. The molecule has 1 aliphatic carbocycles. The molecular weight excluding hydrogens is 398 g/mol. The molecule has 0 heterocycles. The van der Waals surface area contributed by atoms with Crippen LogP contribution in [0.2, 0.25) is 0 Å². The fourth-order valence-electron chi connectivity index (χ4n) is 4.22. The molecule has 3 aromatic carbocycles. The predicted octanol–water partition coefficient (Wildman–Crippen LogP) is 5.89. The van der Waals surface area contributed by atoms with Crippen LogP contribution in [0, 0.1) is 0 Å². The maximum Gasteiger partial charge on any atom is 0.407 e. The summed E-state index contributed by atoms with van der Waals surface area (Å²) in [5.74, 6) is 0.907. The lowest BCUT2D eigenvalue weighted by Gasteiger charge is -2.25. The van der Waals surface area contributed by atoms with Crippen LogP contribution in [0.4, 0.5) is 4.79 Å². The van der Waals surface area contributed by atoms with Gasteiger partial charge in [-0.05, 0) is 68.0 Å². The number of hydrogen-bond acceptors (Lipinski definition) is 3. The normalized spacial score (nSPS) is 17.5. The quantitative estimate of drug-likeness (QED) is 0.531. The molecule has 0 radical (unpaired) electrons. The molecule has 4 heteroatoms. The van der Waals surface area contributed by atoms with Gasteiger partial charge in [0.1, 0.15) is 11.4 Å². The van der Waals surface area contributed by atoms with Gasteiger partial charge in [0.25, 0.3) is 0 Å². The molecule has 0 spiro atoms. The van der Waals surface area contributed by atoms with Crippen LogP contribution in [0.5, 0.6) is 5.75 Å². The van der Waals surface area contributed by atoms with E-state index in [1.165, 1.54) is 22.3 Å². The van der Waals surface area contributed by atoms with Crippen molar-refractivity contribution in [2.75, 3.05) is 6.61 Å². The van der Waals surface area contributed by atoms with Crippen molar-refractivity contribution in [2.24, 2.45) is 0 Å². The Kier molecular flexibility index (Phi) is 6.50. The van der Waals surface area contributed by atoms with Crippen LogP contribution in [0.25, 0.3) is 0 Å². The Balaban J connectivity index is 1.41. The number of nitrogens with one attached hydrogen (secondary N) is 1. The number of amides is 1. The lowest BCUT2D eigenvalue weighted by Crippen LogP contribution is -2.42. The van der Waals surface area contributed by atoms with Gasteiger partial charge in [0.15, 0.2) is 0 Å². The van der Waals surface area contributed by atoms with E-state index in [-0.39, 0.29) is 18.1 Å². The molecule has 0 saturated carbocycles. The molecular formula is C28H31NO3. The summed E-state index contributed by atoms with van der Waals surface area (Å²) >= 11 is 0. The molecule has 1 aliphatic rings. The third-order valence-electron chi connectivity index (χ3n) is 5.69. The topological polar surface area (TPSA) is 47.6 Å². The summed E-state index contributed by atoms with van der Waals surface area (Å²) in [5.41, 5.74) is 4.50. The van der Waals surface area contributed by atoms with Gasteiger partial charge in [0.2, 0.25) is 0 Å². The fraction of sp³-hybridized carbons (Fsp3) is 0.321. The van der Waals surface area contributed by atoms with E-state index >= 15 is 0 Å². The Morgan fingerprint density at radius 2 is 1.56 bits per heavy atom. The Morgan fingerprint density at radius 3 is 2.28 bits per heavy atom. The standard InChI is InChI=1S/C28H31NO3/c1-28(2,3)32-27(30)29-26-18-22-11-7-8-12-24(22)25(26)19-31-23-15-13-21(14-16-23)17-20-9-5-4-6-10-20/h4-16,25-26H,17-19H2,1-3H3,(H,29,30)/t25-,26+/m1/s1. The molecule has 2 atom stereocenters. The molecule has 1 N–H and O–H groups in total. The first-order chi connectivity index (χ1) is 15.4. The Bertz CT molecular complexity index is 1040. The zero-order valence-corrected chi connectivity index (χ0v) is 19.0. The highest BCUT2D eigenvalue weighted by Crippen LogP contribution is 2.34. The monoisotopic (exact) mass is 429 g/mol. The van der Waals surface area contributed by atoms with Crippen molar-refractivity contribution in [3.63, 3.8) is 0 Å². The summed E-state index contributed by atoms with van der Waals surface area (Å²) in [6.45, 7) is 6.11. The number of hydrogen-bond donors (Lipinski definition) is 1. The number of carbonyl (C=O) groups excluding carboxylic acids is 1. The van der Waals surface area contributed by atoms with Crippen molar-refractivity contribution < 1.29 is 14.3 Å². The van der Waals surface area contributed by atoms with Crippen molar-refractivity contribution >= 4 is 6.09 Å². The van der Waals surface area contributed by atoms with E-state index in [1.807, 2.05) is 51.1 Å². The van der Waals surface area contributed by atoms with Gasteiger partial charge in [0, 0.05) is 12.0 Å². The fourth-order valence-corrected chi connectivity index (χ4v) is 4.22. The predicted molar refractivity (Wildman–Crippen MR) is 127 cm³/mol. The Labute approximate surface area is 190 Å². The van der Waals surface area contributed by atoms with Gasteiger partial charge in [0.05, 0.1) is 6.61 Å². The summed E-state index contributed by atoms with van der Waals surface area (Å²) < 4.78 is 11.7. The van der Waals surface area contributed by atoms with Gasteiger partial charge >= 0.3 is 6.09 Å². The SMILES string of the molecule is CC(C)(C)OC(=O)N[C@H]1Cc2ccccc2[C@H]1COc1ccc(Cc2ccccc2)cc1. The number of benzene rings is 3. The zero-order chi connectivity index (χ0) is 22.6. The molecule has 32 heavy (non-hydrogen) atoms. The lowest BCUT2D eigenvalue weighted by molar-refractivity contribution is 0.0494. The molecule has 0 aromatic heterocycles. The van der Waals surface area contributed by atoms with E-state index < -0.39 is 5.60 Å². The largest absolute Gasteiger partial charge is 0.493 e. The highest BCUT2D eigenvalue weighted by Gasteiger charge is 2.34. The molecule has 4 nitrogen and oxygen atoms in total. The first-order valence-corrected chi connectivity index (χ1v) is 11.2. The highest BCUT2D eigenvalue weighted by atomic mass is 16.6. The van der Waals surface area contributed by atoms with Gasteiger partial charge < -0.3 is 14.8 Å². The first-order valence-electron chi connectivity index (χ1n) is 11.2. The number of alkyl carbamates (subject to hydrolysis) is 1. The minimum atomic E-state index is -0.525. The van der Waals surface area contributed by atoms with Crippen LogP contribution >= 0.6 is 0 Å². The number of ether oxygens (including phenoxy) is 2. The van der Waals surface area contributed by atoms with Gasteiger partial charge in [-0.2, -0.15) is 0 Å². The minimum absolute atomic E-state index is 0.0559. The van der Waals surface area contributed by atoms with Crippen molar-refractivity contribution in [3.05, 3.63) is 101 Å². The molecule has 0 unspecified atom stereocenters. The smallest absolute Gasteiger partial charge is 0.407 e. The van der Waals surface area contributed by atoms with E-state index in [2.05, 4.69) is 53.8 Å². The highest BCUT2D eigenvalue weighted by molar-refractivity contribution is 5.68. The Morgan fingerprint density at radius 1 is 0.906 bits per heavy atom. The van der Waals surface area contributed by atoms with Crippen LogP contribution < -0.4 is 10.1 Å². The number of rotatable bonds is 6. The van der Waals surface area contributed by atoms with E-state index in [0.717, 1.165) is 18.6 Å². The van der Waals surface area contributed by atoms with Gasteiger partial charge in [-0.25, -0.2) is 4.79 Å². The van der Waals surface area contributed by atoms with E-state index in [4.69, 9.17) is 9.47 Å². The summed E-state index contributed by atoms with van der Waals surface area (Å²) in [5, 5.41) is 3.06. The second kappa shape index (κ2) is 9.47. The third-order valence-corrected chi connectivity index (χ3v) is 5.69. The number of carbonyl (C=O) groups is 1. The van der Waals surface area contributed by atoms with E-state index in [9.17, 15) is 4.79 Å². The van der Waals surface area contributed by atoms with Crippen LogP contribution in [-0.2, 0) is 17.6 Å². The molecule has 0 saturated heterocycles. The molecule has 0 aliphatic heterocycles. The average Bonchev–Trinajstić information content (AvgIpc) is 3.09. The Hall–Kier alpha value is -3.27. The van der Waals surface area contributed by atoms with Gasteiger partial charge in [-0.1, -0.05) is 66.7 Å². The van der Waals surface area contributed by atoms with Crippen LogP contribution in [0.1, 0.15) is 48.9 Å². The van der Waals surface area contributed by atoms with E-state index in [0.29, 0.717) is 6.61 Å². The number of fused-ring (bicyclic) bond motifs is 1. The van der Waals surface area contributed by atoms with Crippen LogP contribution in [0.15, 0.2) is 78.9 Å².